The van der Waals surface area contributed by atoms with Crippen LogP contribution in [0.4, 0.5) is 11.4 Å². The number of benzene rings is 2. The molecule has 0 radical (unpaired) electrons. The van der Waals surface area contributed by atoms with Crippen LogP contribution in [0.2, 0.25) is 0 Å². The maximum atomic E-state index is 13.0. The van der Waals surface area contributed by atoms with Crippen LogP contribution in [-0.4, -0.2) is 28.5 Å². The van der Waals surface area contributed by atoms with Crippen molar-refractivity contribution >= 4 is 45.1 Å². The number of rotatable bonds is 8. The SMILES string of the molecule is COC(=O)c1c(NC(=O)c2ccoc2)c2cc(NCc3cccc4ccccc34)cnc2n1CC(C)C. The number of pyridine rings is 1. The molecule has 1 amide bonds. The van der Waals surface area contributed by atoms with Crippen molar-refractivity contribution in [3.05, 3.63) is 90.1 Å². The molecular formula is C29H28N4O4. The molecule has 5 rings (SSSR count). The highest BCUT2D eigenvalue weighted by Gasteiger charge is 2.27. The highest BCUT2D eigenvalue weighted by Crippen LogP contribution is 2.34. The van der Waals surface area contributed by atoms with Gasteiger partial charge < -0.3 is 24.4 Å². The van der Waals surface area contributed by atoms with Crippen molar-refractivity contribution in [1.82, 2.24) is 9.55 Å². The van der Waals surface area contributed by atoms with Crippen LogP contribution in [0.1, 0.15) is 40.3 Å². The minimum Gasteiger partial charge on any atom is -0.472 e. The highest BCUT2D eigenvalue weighted by atomic mass is 16.5. The first-order valence-corrected chi connectivity index (χ1v) is 12.1. The van der Waals surface area contributed by atoms with Crippen molar-refractivity contribution in [1.29, 1.82) is 0 Å². The average Bonchev–Trinajstić information content (AvgIpc) is 3.54. The molecule has 2 aromatic carbocycles. The number of fused-ring (bicyclic) bond motifs is 2. The van der Waals surface area contributed by atoms with Crippen molar-refractivity contribution in [2.75, 3.05) is 17.7 Å². The zero-order chi connectivity index (χ0) is 25.9. The number of furan rings is 1. The molecule has 0 saturated carbocycles. The van der Waals surface area contributed by atoms with Crippen LogP contribution < -0.4 is 10.6 Å². The maximum absolute atomic E-state index is 13.0. The highest BCUT2D eigenvalue weighted by molar-refractivity contribution is 6.14. The number of hydrogen-bond donors (Lipinski definition) is 2. The van der Waals surface area contributed by atoms with E-state index in [1.165, 1.54) is 30.4 Å². The van der Waals surface area contributed by atoms with E-state index in [9.17, 15) is 9.59 Å². The van der Waals surface area contributed by atoms with Gasteiger partial charge in [-0.15, -0.1) is 0 Å². The van der Waals surface area contributed by atoms with Gasteiger partial charge in [-0.05, 0) is 34.4 Å². The second-order valence-electron chi connectivity index (χ2n) is 9.27. The standard InChI is InChI=1S/C29H28N4O4/c1-18(2)16-33-26(29(35)36-3)25(32-28(34)21-11-12-37-17-21)24-13-22(15-31-27(24)33)30-14-20-9-6-8-19-7-4-5-10-23(19)20/h4-13,15,17-18,30H,14,16H2,1-3H3,(H,32,34). The molecule has 2 N–H and O–H groups in total. The van der Waals surface area contributed by atoms with Gasteiger partial charge in [0.05, 0.1) is 36.5 Å². The fourth-order valence-electron chi connectivity index (χ4n) is 4.52. The van der Waals surface area contributed by atoms with E-state index >= 15 is 0 Å². The monoisotopic (exact) mass is 496 g/mol. The lowest BCUT2D eigenvalue weighted by Gasteiger charge is -2.12. The van der Waals surface area contributed by atoms with Crippen LogP contribution in [0.3, 0.4) is 0 Å². The number of carbonyl (C=O) groups is 2. The van der Waals surface area contributed by atoms with Crippen molar-refractivity contribution < 1.29 is 18.7 Å². The molecule has 5 aromatic rings. The average molecular weight is 497 g/mol. The lowest BCUT2D eigenvalue weighted by molar-refractivity contribution is 0.0589. The zero-order valence-electron chi connectivity index (χ0n) is 20.9. The van der Waals surface area contributed by atoms with Crippen LogP contribution in [-0.2, 0) is 17.8 Å². The van der Waals surface area contributed by atoms with E-state index in [0.29, 0.717) is 35.4 Å². The second-order valence-corrected chi connectivity index (χ2v) is 9.27. The molecule has 0 saturated heterocycles. The van der Waals surface area contributed by atoms with Gasteiger partial charge in [-0.25, -0.2) is 9.78 Å². The van der Waals surface area contributed by atoms with Crippen molar-refractivity contribution in [2.24, 2.45) is 5.92 Å². The molecule has 8 heteroatoms. The molecule has 8 nitrogen and oxygen atoms in total. The van der Waals surface area contributed by atoms with Gasteiger partial charge in [-0.2, -0.15) is 0 Å². The predicted octanol–water partition coefficient (Wildman–Crippen LogP) is 6.09. The van der Waals surface area contributed by atoms with Gasteiger partial charge in [-0.3, -0.25) is 4.79 Å². The van der Waals surface area contributed by atoms with E-state index in [0.717, 1.165) is 11.3 Å². The molecule has 0 spiro atoms. The lowest BCUT2D eigenvalue weighted by atomic mass is 10.0. The van der Waals surface area contributed by atoms with Crippen LogP contribution in [0.5, 0.6) is 0 Å². The number of methoxy groups -OCH3 is 1. The molecule has 0 aliphatic carbocycles. The van der Waals surface area contributed by atoms with Crippen LogP contribution in [0, 0.1) is 5.92 Å². The molecule has 37 heavy (non-hydrogen) atoms. The third-order valence-electron chi connectivity index (χ3n) is 6.21. The number of ether oxygens (including phenoxy) is 1. The summed E-state index contributed by atoms with van der Waals surface area (Å²) in [6, 6.07) is 17.9. The molecule has 3 heterocycles. The number of amides is 1. The van der Waals surface area contributed by atoms with Gasteiger partial charge in [0.2, 0.25) is 0 Å². The minimum absolute atomic E-state index is 0.224. The van der Waals surface area contributed by atoms with Gasteiger partial charge in [0, 0.05) is 18.5 Å². The fraction of sp³-hybridized carbons (Fsp3) is 0.207. The van der Waals surface area contributed by atoms with Gasteiger partial charge >= 0.3 is 5.97 Å². The van der Waals surface area contributed by atoms with Crippen LogP contribution >= 0.6 is 0 Å². The van der Waals surface area contributed by atoms with E-state index in [1.54, 1.807) is 12.3 Å². The summed E-state index contributed by atoms with van der Waals surface area (Å²) in [5, 5.41) is 9.34. The number of esters is 1. The maximum Gasteiger partial charge on any atom is 0.356 e. The summed E-state index contributed by atoms with van der Waals surface area (Å²) in [4.78, 5) is 30.6. The van der Waals surface area contributed by atoms with Gasteiger partial charge in [0.25, 0.3) is 5.91 Å². The van der Waals surface area contributed by atoms with Gasteiger partial charge in [0.15, 0.2) is 5.69 Å². The van der Waals surface area contributed by atoms with Crippen molar-refractivity contribution in [3.8, 4) is 0 Å². The summed E-state index contributed by atoms with van der Waals surface area (Å²) < 4.78 is 12.0. The Morgan fingerprint density at radius 1 is 1.08 bits per heavy atom. The summed E-state index contributed by atoms with van der Waals surface area (Å²) in [7, 11) is 1.33. The molecule has 188 valence electrons. The first-order valence-electron chi connectivity index (χ1n) is 12.1. The summed E-state index contributed by atoms with van der Waals surface area (Å²) in [5.74, 6) is -0.717. The molecular weight excluding hydrogens is 468 g/mol. The van der Waals surface area contributed by atoms with E-state index in [4.69, 9.17) is 14.1 Å². The number of aromatic nitrogens is 2. The third kappa shape index (κ3) is 4.78. The van der Waals surface area contributed by atoms with E-state index in [1.807, 2.05) is 28.8 Å². The first kappa shape index (κ1) is 24.1. The molecule has 0 unspecified atom stereocenters. The number of carbonyl (C=O) groups excluding carboxylic acids is 2. The number of nitrogens with one attached hydrogen (secondary N) is 2. The van der Waals surface area contributed by atoms with Crippen LogP contribution in [0.25, 0.3) is 21.8 Å². The minimum atomic E-state index is -0.550. The number of anilines is 2. The smallest absolute Gasteiger partial charge is 0.356 e. The predicted molar refractivity (Wildman–Crippen MR) is 144 cm³/mol. The molecule has 0 bridgehead atoms. The van der Waals surface area contributed by atoms with Crippen LogP contribution in [0.15, 0.2) is 77.7 Å². The summed E-state index contributed by atoms with van der Waals surface area (Å²) in [6.07, 6.45) is 4.53. The quantitative estimate of drug-likeness (QED) is 0.252. The second kappa shape index (κ2) is 10.2. The largest absolute Gasteiger partial charge is 0.472 e. The Balaban J connectivity index is 1.57. The molecule has 0 aliphatic rings. The first-order chi connectivity index (χ1) is 18.0. The zero-order valence-corrected chi connectivity index (χ0v) is 20.9. The molecule has 0 atom stereocenters. The Hall–Kier alpha value is -4.59. The summed E-state index contributed by atoms with van der Waals surface area (Å²) in [6.45, 7) is 5.22. The Bertz CT molecular complexity index is 1580. The number of nitrogens with zero attached hydrogens (tertiary/aromatic N) is 2. The summed E-state index contributed by atoms with van der Waals surface area (Å²) >= 11 is 0. The lowest BCUT2D eigenvalue weighted by Crippen LogP contribution is -2.18. The Morgan fingerprint density at radius 2 is 1.89 bits per heavy atom. The third-order valence-corrected chi connectivity index (χ3v) is 6.21. The van der Waals surface area contributed by atoms with E-state index in [2.05, 4.69) is 48.7 Å². The molecule has 0 fully saturated rings. The van der Waals surface area contributed by atoms with Crippen molar-refractivity contribution in [2.45, 2.75) is 26.9 Å². The molecule has 0 aliphatic heterocycles. The van der Waals surface area contributed by atoms with E-state index < -0.39 is 11.9 Å². The number of hydrogen-bond acceptors (Lipinski definition) is 6. The van der Waals surface area contributed by atoms with Gasteiger partial charge in [0.1, 0.15) is 11.9 Å². The van der Waals surface area contributed by atoms with Crippen molar-refractivity contribution in [3.63, 3.8) is 0 Å². The fourth-order valence-corrected chi connectivity index (χ4v) is 4.52. The normalized spacial score (nSPS) is 11.2. The molecule has 3 aromatic heterocycles. The summed E-state index contributed by atoms with van der Waals surface area (Å²) in [5.41, 5.74) is 3.46. The Kier molecular flexibility index (Phi) is 6.64. The van der Waals surface area contributed by atoms with Gasteiger partial charge in [-0.1, -0.05) is 56.3 Å². The van der Waals surface area contributed by atoms with E-state index in [-0.39, 0.29) is 11.6 Å². The Labute approximate surface area is 214 Å². The Morgan fingerprint density at radius 3 is 2.65 bits per heavy atom. The topological polar surface area (TPSA) is 98.4 Å².